The van der Waals surface area contributed by atoms with Gasteiger partial charge in [-0.2, -0.15) is 19.7 Å². The van der Waals surface area contributed by atoms with Crippen LogP contribution in [0.1, 0.15) is 18.4 Å². The van der Waals surface area contributed by atoms with E-state index in [1.165, 1.54) is 10.2 Å². The van der Waals surface area contributed by atoms with Crippen molar-refractivity contribution in [1.29, 1.82) is 5.26 Å². The van der Waals surface area contributed by atoms with Crippen LogP contribution in [0.3, 0.4) is 0 Å². The summed E-state index contributed by atoms with van der Waals surface area (Å²) in [5.41, 5.74) is 9.07. The van der Waals surface area contributed by atoms with E-state index in [-0.39, 0.29) is 5.95 Å². The van der Waals surface area contributed by atoms with E-state index in [4.69, 9.17) is 15.2 Å². The van der Waals surface area contributed by atoms with E-state index in [2.05, 4.69) is 54.9 Å². The second-order valence-electron chi connectivity index (χ2n) is 8.71. The predicted molar refractivity (Wildman–Crippen MR) is 140 cm³/mol. The molecule has 4 aromatic rings. The SMILES string of the molecule is CC#Cc1nc2c3cc(C#N)n(CCN4CCN(c5ccc(OCCOC)cc5)CC4)c3nc(N)n2n1. The Kier molecular flexibility index (Phi) is 7.08. The fourth-order valence-electron chi connectivity index (χ4n) is 4.58. The molecule has 1 saturated heterocycles. The van der Waals surface area contributed by atoms with Crippen LogP contribution in [0.2, 0.25) is 0 Å². The van der Waals surface area contributed by atoms with Gasteiger partial charge in [0, 0.05) is 52.1 Å². The molecule has 1 fully saturated rings. The third-order valence-electron chi connectivity index (χ3n) is 6.48. The molecule has 0 bridgehead atoms. The third-order valence-corrected chi connectivity index (χ3v) is 6.48. The monoisotopic (exact) mass is 499 g/mol. The van der Waals surface area contributed by atoms with E-state index < -0.39 is 0 Å². The molecule has 5 rings (SSSR count). The zero-order valence-corrected chi connectivity index (χ0v) is 21.0. The summed E-state index contributed by atoms with van der Waals surface area (Å²) >= 11 is 0. The maximum Gasteiger partial charge on any atom is 0.226 e. The van der Waals surface area contributed by atoms with Gasteiger partial charge >= 0.3 is 0 Å². The molecule has 0 aliphatic carbocycles. The minimum absolute atomic E-state index is 0.215. The number of anilines is 2. The van der Waals surface area contributed by atoms with Gasteiger partial charge in [0.1, 0.15) is 29.8 Å². The van der Waals surface area contributed by atoms with Crippen LogP contribution in [0, 0.1) is 23.2 Å². The molecular formula is C26H29N9O2. The Bertz CT molecular complexity index is 1500. The molecule has 2 N–H and O–H groups in total. The van der Waals surface area contributed by atoms with Crippen molar-refractivity contribution in [3.8, 4) is 23.7 Å². The number of methoxy groups -OCH3 is 1. The van der Waals surface area contributed by atoms with Crippen molar-refractivity contribution in [1.82, 2.24) is 29.0 Å². The number of nitrogens with two attached hydrogens (primary N) is 1. The van der Waals surface area contributed by atoms with Crippen molar-refractivity contribution in [2.45, 2.75) is 13.5 Å². The zero-order valence-electron chi connectivity index (χ0n) is 21.0. The quantitative estimate of drug-likeness (QED) is 0.285. The van der Waals surface area contributed by atoms with E-state index in [9.17, 15) is 5.26 Å². The van der Waals surface area contributed by atoms with Crippen LogP contribution in [0.15, 0.2) is 30.3 Å². The van der Waals surface area contributed by atoms with Gasteiger partial charge < -0.3 is 24.7 Å². The van der Waals surface area contributed by atoms with Gasteiger partial charge in [-0.15, -0.1) is 5.10 Å². The average Bonchev–Trinajstić information content (AvgIpc) is 3.50. The van der Waals surface area contributed by atoms with Crippen molar-refractivity contribution in [2.24, 2.45) is 0 Å². The van der Waals surface area contributed by atoms with Crippen LogP contribution in [0.4, 0.5) is 11.6 Å². The highest BCUT2D eigenvalue weighted by Gasteiger charge is 2.20. The van der Waals surface area contributed by atoms with Gasteiger partial charge in [0.05, 0.1) is 12.0 Å². The van der Waals surface area contributed by atoms with Crippen LogP contribution >= 0.6 is 0 Å². The van der Waals surface area contributed by atoms with Gasteiger partial charge in [-0.3, -0.25) is 4.90 Å². The first-order chi connectivity index (χ1) is 18.1. The van der Waals surface area contributed by atoms with Gasteiger partial charge in [-0.1, -0.05) is 5.92 Å². The zero-order chi connectivity index (χ0) is 25.8. The molecule has 0 spiro atoms. The largest absolute Gasteiger partial charge is 0.491 e. The summed E-state index contributed by atoms with van der Waals surface area (Å²) in [6, 6.07) is 12.3. The number of hydrogen-bond donors (Lipinski definition) is 1. The normalized spacial score (nSPS) is 14.0. The Balaban J connectivity index is 1.25. The lowest BCUT2D eigenvalue weighted by molar-refractivity contribution is 0.146. The van der Waals surface area contributed by atoms with Crippen LogP contribution in [-0.4, -0.2) is 82.1 Å². The number of ether oxygens (including phenoxy) is 2. The molecular weight excluding hydrogens is 470 g/mol. The molecule has 0 atom stereocenters. The van der Waals surface area contributed by atoms with Crippen molar-refractivity contribution in [3.63, 3.8) is 0 Å². The van der Waals surface area contributed by atoms with Gasteiger partial charge in [0.25, 0.3) is 0 Å². The maximum atomic E-state index is 9.80. The fraction of sp³-hybridized carbons (Fsp3) is 0.385. The molecule has 1 aliphatic heterocycles. The van der Waals surface area contributed by atoms with Crippen molar-refractivity contribution in [2.75, 3.05) is 63.7 Å². The Morgan fingerprint density at radius 2 is 1.81 bits per heavy atom. The summed E-state index contributed by atoms with van der Waals surface area (Å²) in [4.78, 5) is 13.8. The second kappa shape index (κ2) is 10.7. The van der Waals surface area contributed by atoms with Crippen LogP contribution in [0.5, 0.6) is 5.75 Å². The first-order valence-electron chi connectivity index (χ1n) is 12.2. The summed E-state index contributed by atoms with van der Waals surface area (Å²) in [5, 5.41) is 14.9. The summed E-state index contributed by atoms with van der Waals surface area (Å²) in [5.74, 6) is 7.08. The highest BCUT2D eigenvalue weighted by Crippen LogP contribution is 2.24. The van der Waals surface area contributed by atoms with Gasteiger partial charge in [0.2, 0.25) is 11.8 Å². The Morgan fingerprint density at radius 3 is 2.51 bits per heavy atom. The molecule has 4 heterocycles. The Hall–Kier alpha value is -4.32. The van der Waals surface area contributed by atoms with Gasteiger partial charge in [0.15, 0.2) is 5.65 Å². The number of piperazine rings is 1. The number of nitrogens with zero attached hydrogens (tertiary/aromatic N) is 8. The highest BCUT2D eigenvalue weighted by molar-refractivity contribution is 5.92. The van der Waals surface area contributed by atoms with Crippen LogP contribution < -0.4 is 15.4 Å². The standard InChI is InChI=1S/C26H29N9O2/c1-3-4-23-29-25-22-17-20(18-27)34(24(22)30-26(28)35(25)31-23)14-11-32-9-12-33(13-10-32)19-5-7-21(8-6-19)37-16-15-36-2/h5-8,17H,9-16H2,1-2H3,(H2,28,30). The summed E-state index contributed by atoms with van der Waals surface area (Å²) < 4.78 is 14.1. The number of fused-ring (bicyclic) bond motifs is 3. The summed E-state index contributed by atoms with van der Waals surface area (Å²) in [7, 11) is 1.66. The lowest BCUT2D eigenvalue weighted by atomic mass is 10.2. The smallest absolute Gasteiger partial charge is 0.226 e. The highest BCUT2D eigenvalue weighted by atomic mass is 16.5. The number of hydrogen-bond acceptors (Lipinski definition) is 9. The number of rotatable bonds is 8. The minimum Gasteiger partial charge on any atom is -0.491 e. The lowest BCUT2D eigenvalue weighted by Crippen LogP contribution is -2.47. The first-order valence-corrected chi connectivity index (χ1v) is 12.2. The molecule has 3 aromatic heterocycles. The Morgan fingerprint density at radius 1 is 1.03 bits per heavy atom. The molecule has 0 amide bonds. The predicted octanol–water partition coefficient (Wildman–Crippen LogP) is 1.75. The van der Waals surface area contributed by atoms with Crippen LogP contribution in [0.25, 0.3) is 16.7 Å². The van der Waals surface area contributed by atoms with Crippen molar-refractivity contribution >= 4 is 28.3 Å². The molecule has 0 radical (unpaired) electrons. The first kappa shape index (κ1) is 24.4. The van der Waals surface area contributed by atoms with E-state index in [1.54, 1.807) is 20.1 Å². The van der Waals surface area contributed by atoms with Crippen LogP contribution in [-0.2, 0) is 11.3 Å². The maximum absolute atomic E-state index is 9.80. The molecule has 0 unspecified atom stereocenters. The lowest BCUT2D eigenvalue weighted by Gasteiger charge is -2.36. The van der Waals surface area contributed by atoms with E-state index in [0.717, 1.165) is 43.9 Å². The third kappa shape index (κ3) is 5.00. The number of benzene rings is 1. The number of nitrogen functional groups attached to an aromatic ring is 1. The summed E-state index contributed by atoms with van der Waals surface area (Å²) in [6.07, 6.45) is 0. The fourth-order valence-corrected chi connectivity index (χ4v) is 4.58. The molecule has 37 heavy (non-hydrogen) atoms. The molecule has 0 saturated carbocycles. The van der Waals surface area contributed by atoms with E-state index >= 15 is 0 Å². The second-order valence-corrected chi connectivity index (χ2v) is 8.71. The molecule has 190 valence electrons. The van der Waals surface area contributed by atoms with Gasteiger partial charge in [-0.25, -0.2) is 0 Å². The minimum atomic E-state index is 0.215. The number of aromatic nitrogens is 5. The topological polar surface area (TPSA) is 123 Å². The average molecular weight is 500 g/mol. The van der Waals surface area contributed by atoms with Crippen molar-refractivity contribution < 1.29 is 9.47 Å². The Labute approximate surface area is 215 Å². The van der Waals surface area contributed by atoms with E-state index in [0.29, 0.717) is 42.6 Å². The molecule has 11 nitrogen and oxygen atoms in total. The number of nitriles is 1. The molecule has 11 heteroatoms. The molecule has 1 aromatic carbocycles. The molecule has 1 aliphatic rings. The summed E-state index contributed by atoms with van der Waals surface area (Å²) in [6.45, 7) is 7.96. The van der Waals surface area contributed by atoms with Gasteiger partial charge in [-0.05, 0) is 43.2 Å². The van der Waals surface area contributed by atoms with Crippen molar-refractivity contribution in [3.05, 3.63) is 41.9 Å². The van der Waals surface area contributed by atoms with E-state index in [1.807, 2.05) is 16.7 Å².